The van der Waals surface area contributed by atoms with Crippen LogP contribution < -0.4 is 16.4 Å². The average Bonchev–Trinajstić information content (AvgIpc) is 3.40. The Kier molecular flexibility index (Phi) is 5.35. The summed E-state index contributed by atoms with van der Waals surface area (Å²) in [5.74, 6) is 0.326. The number of nitrogens with one attached hydrogen (secondary N) is 2. The van der Waals surface area contributed by atoms with Crippen molar-refractivity contribution in [2.24, 2.45) is 0 Å². The molecule has 0 aliphatic carbocycles. The van der Waals surface area contributed by atoms with Crippen molar-refractivity contribution in [2.75, 3.05) is 11.1 Å². The van der Waals surface area contributed by atoms with E-state index in [-0.39, 0.29) is 29.9 Å². The van der Waals surface area contributed by atoms with E-state index in [1.807, 2.05) is 26.0 Å². The van der Waals surface area contributed by atoms with Crippen LogP contribution in [0.2, 0.25) is 0 Å². The number of furan rings is 1. The summed E-state index contributed by atoms with van der Waals surface area (Å²) in [5.41, 5.74) is 9.45. The normalized spacial score (nSPS) is 10.9. The monoisotopic (exact) mass is 419 g/mol. The summed E-state index contributed by atoms with van der Waals surface area (Å²) in [4.78, 5) is 32.9. The van der Waals surface area contributed by atoms with E-state index in [1.54, 1.807) is 28.8 Å². The highest BCUT2D eigenvalue weighted by atomic mass is 16.3. The maximum absolute atomic E-state index is 12.5. The lowest BCUT2D eigenvalue weighted by molar-refractivity contribution is -0.120. The highest BCUT2D eigenvalue weighted by Gasteiger charge is 2.15. The fraction of sp³-hybridized carbons (Fsp3) is 0.190. The molecular weight excluding hydrogens is 398 g/mol. The first-order valence-electron chi connectivity index (χ1n) is 9.59. The maximum atomic E-state index is 12.5. The second-order valence-electron chi connectivity index (χ2n) is 7.02. The van der Waals surface area contributed by atoms with Gasteiger partial charge in [0.1, 0.15) is 0 Å². The molecule has 0 spiro atoms. The summed E-state index contributed by atoms with van der Waals surface area (Å²) in [7, 11) is 0. The Balaban J connectivity index is 1.36. The summed E-state index contributed by atoms with van der Waals surface area (Å²) >= 11 is 0. The van der Waals surface area contributed by atoms with Crippen LogP contribution in [0.1, 0.15) is 33.1 Å². The molecule has 0 saturated carbocycles. The molecule has 3 aromatic heterocycles. The number of rotatable bonds is 6. The lowest BCUT2D eigenvalue weighted by atomic mass is 10.1. The number of carbonyl (C=O) groups excluding carboxylic acids is 2. The SMILES string of the molecule is Cc1nc2nc(N)nn2c(C)c1CC(=O)NCc1ccc(NC(=O)c2ccco2)cc1. The van der Waals surface area contributed by atoms with Crippen molar-refractivity contribution in [1.29, 1.82) is 0 Å². The molecular formula is C21H21N7O3. The third-order valence-electron chi connectivity index (χ3n) is 4.85. The van der Waals surface area contributed by atoms with E-state index in [9.17, 15) is 9.59 Å². The minimum absolute atomic E-state index is 0.139. The molecule has 4 N–H and O–H groups in total. The summed E-state index contributed by atoms with van der Waals surface area (Å²) < 4.78 is 6.61. The number of hydrogen-bond acceptors (Lipinski definition) is 7. The van der Waals surface area contributed by atoms with Crippen molar-refractivity contribution in [1.82, 2.24) is 24.9 Å². The smallest absolute Gasteiger partial charge is 0.291 e. The second-order valence-corrected chi connectivity index (χ2v) is 7.02. The third-order valence-corrected chi connectivity index (χ3v) is 4.85. The van der Waals surface area contributed by atoms with Gasteiger partial charge in [0.05, 0.1) is 12.7 Å². The minimum Gasteiger partial charge on any atom is -0.459 e. The Hall–Kier alpha value is -4.21. The first-order valence-corrected chi connectivity index (χ1v) is 9.59. The number of amides is 2. The van der Waals surface area contributed by atoms with E-state index in [1.165, 1.54) is 6.26 Å². The van der Waals surface area contributed by atoms with Crippen molar-refractivity contribution in [3.8, 4) is 0 Å². The molecule has 2 amide bonds. The molecule has 158 valence electrons. The maximum Gasteiger partial charge on any atom is 0.291 e. The quantitative estimate of drug-likeness (QED) is 0.434. The molecule has 0 radical (unpaired) electrons. The summed E-state index contributed by atoms with van der Waals surface area (Å²) in [5, 5.41) is 9.76. The zero-order chi connectivity index (χ0) is 22.0. The lowest BCUT2D eigenvalue weighted by Gasteiger charge is -2.11. The Morgan fingerprint density at radius 1 is 1.13 bits per heavy atom. The van der Waals surface area contributed by atoms with Crippen LogP contribution in [0.4, 0.5) is 11.6 Å². The van der Waals surface area contributed by atoms with Gasteiger partial charge in [0, 0.05) is 29.2 Å². The largest absolute Gasteiger partial charge is 0.459 e. The molecule has 0 atom stereocenters. The summed E-state index contributed by atoms with van der Waals surface area (Å²) in [6.45, 7) is 4.04. The van der Waals surface area contributed by atoms with Crippen LogP contribution in [0.5, 0.6) is 0 Å². The van der Waals surface area contributed by atoms with Gasteiger partial charge < -0.3 is 20.8 Å². The highest BCUT2D eigenvalue weighted by Crippen LogP contribution is 2.15. The molecule has 0 bridgehead atoms. The van der Waals surface area contributed by atoms with Crippen molar-refractivity contribution >= 4 is 29.2 Å². The number of benzene rings is 1. The lowest BCUT2D eigenvalue weighted by Crippen LogP contribution is -2.26. The first kappa shape index (κ1) is 20.1. The number of fused-ring (bicyclic) bond motifs is 1. The van der Waals surface area contributed by atoms with Crippen LogP contribution in [-0.4, -0.2) is 31.4 Å². The third kappa shape index (κ3) is 4.37. The number of nitrogen functional groups attached to an aromatic ring is 1. The van der Waals surface area contributed by atoms with E-state index in [0.29, 0.717) is 23.7 Å². The Labute approximate surface area is 177 Å². The Morgan fingerprint density at radius 2 is 1.90 bits per heavy atom. The summed E-state index contributed by atoms with van der Waals surface area (Å²) in [6, 6.07) is 10.4. The van der Waals surface area contributed by atoms with Gasteiger partial charge in [-0.3, -0.25) is 9.59 Å². The van der Waals surface area contributed by atoms with Gasteiger partial charge in [-0.25, -0.2) is 4.98 Å². The number of carbonyl (C=O) groups is 2. The molecule has 0 unspecified atom stereocenters. The Bertz CT molecular complexity index is 1240. The van der Waals surface area contributed by atoms with Gasteiger partial charge in [0.25, 0.3) is 11.7 Å². The molecule has 31 heavy (non-hydrogen) atoms. The molecule has 0 fully saturated rings. The first-order chi connectivity index (χ1) is 14.9. The minimum atomic E-state index is -0.323. The van der Waals surface area contributed by atoms with E-state index in [4.69, 9.17) is 10.2 Å². The standard InChI is InChI=1S/C21H21N7O3/c1-12-16(13(2)28-21(24-12)26-20(22)27-28)10-18(29)23-11-14-5-7-15(8-6-14)25-19(30)17-4-3-9-31-17/h3-9H,10-11H2,1-2H3,(H2,22,27)(H,23,29)(H,25,30). The number of anilines is 2. The van der Waals surface area contributed by atoms with Gasteiger partial charge in [0.15, 0.2) is 5.76 Å². The number of aryl methyl sites for hydroxylation is 2. The van der Waals surface area contributed by atoms with Crippen molar-refractivity contribution in [2.45, 2.75) is 26.8 Å². The number of nitrogens with two attached hydrogens (primary N) is 1. The van der Waals surface area contributed by atoms with Gasteiger partial charge in [-0.2, -0.15) is 9.50 Å². The van der Waals surface area contributed by atoms with Crippen LogP contribution in [0.15, 0.2) is 47.1 Å². The molecule has 4 aromatic rings. The van der Waals surface area contributed by atoms with Gasteiger partial charge in [-0.1, -0.05) is 12.1 Å². The summed E-state index contributed by atoms with van der Waals surface area (Å²) in [6.07, 6.45) is 1.61. The van der Waals surface area contributed by atoms with Crippen LogP contribution in [0, 0.1) is 13.8 Å². The van der Waals surface area contributed by atoms with Crippen molar-refractivity contribution in [3.05, 3.63) is 70.9 Å². The zero-order valence-corrected chi connectivity index (χ0v) is 17.0. The van der Waals surface area contributed by atoms with Crippen LogP contribution >= 0.6 is 0 Å². The number of aromatic nitrogens is 4. The van der Waals surface area contributed by atoms with Gasteiger partial charge in [-0.05, 0) is 43.7 Å². The second kappa shape index (κ2) is 8.27. The average molecular weight is 419 g/mol. The molecule has 0 aliphatic heterocycles. The van der Waals surface area contributed by atoms with Gasteiger partial charge >= 0.3 is 0 Å². The van der Waals surface area contributed by atoms with E-state index in [2.05, 4.69) is 25.7 Å². The van der Waals surface area contributed by atoms with Gasteiger partial charge in [0.2, 0.25) is 11.9 Å². The number of nitrogens with zero attached hydrogens (tertiary/aromatic N) is 4. The molecule has 10 nitrogen and oxygen atoms in total. The topological polar surface area (TPSA) is 140 Å². The molecule has 4 rings (SSSR count). The van der Waals surface area contributed by atoms with E-state index in [0.717, 1.165) is 16.8 Å². The van der Waals surface area contributed by atoms with Crippen LogP contribution in [0.3, 0.4) is 0 Å². The molecule has 3 heterocycles. The van der Waals surface area contributed by atoms with E-state index >= 15 is 0 Å². The number of hydrogen-bond donors (Lipinski definition) is 3. The Morgan fingerprint density at radius 3 is 2.61 bits per heavy atom. The molecule has 10 heteroatoms. The van der Waals surface area contributed by atoms with Crippen LogP contribution in [0.25, 0.3) is 5.78 Å². The fourth-order valence-corrected chi connectivity index (χ4v) is 3.21. The molecule has 0 aliphatic rings. The van der Waals surface area contributed by atoms with Crippen molar-refractivity contribution < 1.29 is 14.0 Å². The van der Waals surface area contributed by atoms with E-state index < -0.39 is 0 Å². The highest BCUT2D eigenvalue weighted by molar-refractivity contribution is 6.02. The fourth-order valence-electron chi connectivity index (χ4n) is 3.21. The van der Waals surface area contributed by atoms with Crippen molar-refractivity contribution in [3.63, 3.8) is 0 Å². The molecule has 1 aromatic carbocycles. The predicted molar refractivity (Wildman–Crippen MR) is 113 cm³/mol. The zero-order valence-electron chi connectivity index (χ0n) is 17.0. The predicted octanol–water partition coefficient (Wildman–Crippen LogP) is 2.03. The molecule has 0 saturated heterocycles. The van der Waals surface area contributed by atoms with Gasteiger partial charge in [-0.15, -0.1) is 5.10 Å². The van der Waals surface area contributed by atoms with Crippen LogP contribution in [-0.2, 0) is 17.8 Å².